The van der Waals surface area contributed by atoms with E-state index in [0.717, 1.165) is 5.56 Å². The third-order valence-corrected chi connectivity index (χ3v) is 2.15. The van der Waals surface area contributed by atoms with Gasteiger partial charge in [-0.1, -0.05) is 20.8 Å². The molecule has 0 bridgehead atoms. The molecule has 0 aliphatic heterocycles. The fourth-order valence-corrected chi connectivity index (χ4v) is 1.44. The lowest BCUT2D eigenvalue weighted by molar-refractivity contribution is -0.117. The lowest BCUT2D eigenvalue weighted by Gasteiger charge is -2.17. The number of anilines is 1. The van der Waals surface area contributed by atoms with Gasteiger partial charge in [-0.25, -0.2) is 4.39 Å². The third kappa shape index (κ3) is 4.01. The van der Waals surface area contributed by atoms with Crippen LogP contribution in [-0.4, -0.2) is 5.91 Å². The van der Waals surface area contributed by atoms with Crippen LogP contribution in [0.15, 0.2) is 18.2 Å². The first kappa shape index (κ1) is 12.7. The summed E-state index contributed by atoms with van der Waals surface area (Å²) in [5.74, 6) is -0.325. The van der Waals surface area contributed by atoms with Gasteiger partial charge in [0.1, 0.15) is 5.82 Å². The summed E-state index contributed by atoms with van der Waals surface area (Å²) in [6.45, 7) is 7.79. The van der Waals surface area contributed by atoms with Gasteiger partial charge in [-0.2, -0.15) is 0 Å². The van der Waals surface area contributed by atoms with Crippen LogP contribution in [0.5, 0.6) is 0 Å². The summed E-state index contributed by atoms with van der Waals surface area (Å²) in [6, 6.07) is 4.34. The van der Waals surface area contributed by atoms with E-state index in [9.17, 15) is 9.18 Å². The van der Waals surface area contributed by atoms with E-state index in [2.05, 4.69) is 5.32 Å². The molecule has 0 atom stereocenters. The molecule has 3 heteroatoms. The molecular formula is C13H18FNO. The van der Waals surface area contributed by atoms with Crippen molar-refractivity contribution in [2.45, 2.75) is 34.1 Å². The van der Waals surface area contributed by atoms with E-state index >= 15 is 0 Å². The lowest BCUT2D eigenvalue weighted by Crippen LogP contribution is -2.20. The van der Waals surface area contributed by atoms with E-state index in [1.54, 1.807) is 13.0 Å². The van der Waals surface area contributed by atoms with Crippen molar-refractivity contribution in [2.24, 2.45) is 5.41 Å². The van der Waals surface area contributed by atoms with Gasteiger partial charge in [0.2, 0.25) is 5.91 Å². The van der Waals surface area contributed by atoms with Crippen LogP contribution < -0.4 is 5.32 Å². The average Bonchev–Trinajstić information content (AvgIpc) is 2.06. The molecule has 0 unspecified atom stereocenters. The summed E-state index contributed by atoms with van der Waals surface area (Å²) < 4.78 is 12.8. The predicted molar refractivity (Wildman–Crippen MR) is 63.8 cm³/mol. The number of halogens is 1. The highest BCUT2D eigenvalue weighted by molar-refractivity contribution is 5.91. The molecule has 1 N–H and O–H groups in total. The van der Waals surface area contributed by atoms with Crippen LogP contribution in [0.1, 0.15) is 32.8 Å². The van der Waals surface area contributed by atoms with Gasteiger partial charge in [-0.15, -0.1) is 0 Å². The number of aryl methyl sites for hydroxylation is 1. The second kappa shape index (κ2) is 4.64. The van der Waals surface area contributed by atoms with Crippen molar-refractivity contribution in [3.8, 4) is 0 Å². The number of nitrogens with one attached hydrogen (secondary N) is 1. The number of rotatable bonds is 2. The van der Waals surface area contributed by atoms with Gasteiger partial charge in [0.15, 0.2) is 0 Å². The lowest BCUT2D eigenvalue weighted by atomic mass is 9.92. The molecule has 0 aliphatic rings. The van der Waals surface area contributed by atoms with Crippen LogP contribution in [0.3, 0.4) is 0 Å². The fraction of sp³-hybridized carbons (Fsp3) is 0.462. The molecule has 0 spiro atoms. The minimum atomic E-state index is -0.286. The predicted octanol–water partition coefficient (Wildman–Crippen LogP) is 3.51. The van der Waals surface area contributed by atoms with E-state index in [1.807, 2.05) is 20.8 Å². The van der Waals surface area contributed by atoms with Crippen molar-refractivity contribution < 1.29 is 9.18 Å². The number of benzene rings is 1. The summed E-state index contributed by atoms with van der Waals surface area (Å²) in [6.07, 6.45) is 0.448. The zero-order valence-electron chi connectivity index (χ0n) is 10.2. The SMILES string of the molecule is Cc1cc(F)ccc1NC(=O)CC(C)(C)C. The minimum Gasteiger partial charge on any atom is -0.326 e. The first-order chi connectivity index (χ1) is 7.28. The molecule has 1 amide bonds. The van der Waals surface area contributed by atoms with E-state index in [4.69, 9.17) is 0 Å². The minimum absolute atomic E-state index is 0.0396. The Balaban J connectivity index is 2.70. The quantitative estimate of drug-likeness (QED) is 0.816. The molecule has 0 saturated heterocycles. The Labute approximate surface area is 95.9 Å². The maximum Gasteiger partial charge on any atom is 0.224 e. The van der Waals surface area contributed by atoms with Crippen molar-refractivity contribution in [1.82, 2.24) is 0 Å². The highest BCUT2D eigenvalue weighted by Crippen LogP contribution is 2.21. The van der Waals surface area contributed by atoms with Crippen molar-refractivity contribution in [1.29, 1.82) is 0 Å². The summed E-state index contributed by atoms with van der Waals surface area (Å²) in [4.78, 5) is 11.7. The van der Waals surface area contributed by atoms with E-state index in [1.165, 1.54) is 12.1 Å². The van der Waals surface area contributed by atoms with Crippen LogP contribution in [0.4, 0.5) is 10.1 Å². The molecule has 0 aromatic heterocycles. The van der Waals surface area contributed by atoms with Gasteiger partial charge < -0.3 is 5.32 Å². The summed E-state index contributed by atoms with van der Waals surface area (Å²) in [5, 5.41) is 2.79. The molecular weight excluding hydrogens is 205 g/mol. The van der Waals surface area contributed by atoms with Crippen LogP contribution in [-0.2, 0) is 4.79 Å². The Bertz CT molecular complexity index is 393. The Morgan fingerprint density at radius 1 is 1.38 bits per heavy atom. The first-order valence-corrected chi connectivity index (χ1v) is 5.34. The van der Waals surface area contributed by atoms with Crippen LogP contribution in [0.25, 0.3) is 0 Å². The van der Waals surface area contributed by atoms with Gasteiger partial charge in [0.25, 0.3) is 0 Å². The average molecular weight is 223 g/mol. The van der Waals surface area contributed by atoms with Gasteiger partial charge in [-0.05, 0) is 36.1 Å². The largest absolute Gasteiger partial charge is 0.326 e. The number of amides is 1. The molecule has 0 aliphatic carbocycles. The number of hydrogen-bond acceptors (Lipinski definition) is 1. The Morgan fingerprint density at radius 3 is 2.50 bits per heavy atom. The van der Waals surface area contributed by atoms with Gasteiger partial charge in [0.05, 0.1) is 0 Å². The molecule has 2 nitrogen and oxygen atoms in total. The maximum absolute atomic E-state index is 12.8. The number of hydrogen-bond donors (Lipinski definition) is 1. The number of carbonyl (C=O) groups excluding carboxylic acids is 1. The zero-order chi connectivity index (χ0) is 12.3. The molecule has 0 saturated carbocycles. The molecule has 0 fully saturated rings. The molecule has 88 valence electrons. The molecule has 16 heavy (non-hydrogen) atoms. The summed E-state index contributed by atoms with van der Waals surface area (Å²) >= 11 is 0. The van der Waals surface area contributed by atoms with Crippen LogP contribution in [0.2, 0.25) is 0 Å². The van der Waals surface area contributed by atoms with Crippen molar-refractivity contribution in [2.75, 3.05) is 5.32 Å². The van der Waals surface area contributed by atoms with E-state index in [0.29, 0.717) is 12.1 Å². The third-order valence-electron chi connectivity index (χ3n) is 2.15. The molecule has 0 radical (unpaired) electrons. The Hall–Kier alpha value is -1.38. The van der Waals surface area contributed by atoms with E-state index < -0.39 is 0 Å². The molecule has 0 heterocycles. The first-order valence-electron chi connectivity index (χ1n) is 5.34. The van der Waals surface area contributed by atoms with Crippen LogP contribution in [0, 0.1) is 18.2 Å². The summed E-state index contributed by atoms with van der Waals surface area (Å²) in [5.41, 5.74) is 1.37. The second-order valence-corrected chi connectivity index (χ2v) is 5.24. The van der Waals surface area contributed by atoms with Gasteiger partial charge >= 0.3 is 0 Å². The highest BCUT2D eigenvalue weighted by atomic mass is 19.1. The maximum atomic E-state index is 12.8. The smallest absolute Gasteiger partial charge is 0.224 e. The van der Waals surface area contributed by atoms with E-state index in [-0.39, 0.29) is 17.1 Å². The normalized spacial score (nSPS) is 11.3. The topological polar surface area (TPSA) is 29.1 Å². The highest BCUT2D eigenvalue weighted by Gasteiger charge is 2.16. The molecule has 1 aromatic rings. The van der Waals surface area contributed by atoms with Crippen molar-refractivity contribution in [3.63, 3.8) is 0 Å². The van der Waals surface area contributed by atoms with Gasteiger partial charge in [-0.3, -0.25) is 4.79 Å². The molecule has 1 aromatic carbocycles. The molecule has 1 rings (SSSR count). The summed E-state index contributed by atoms with van der Waals surface area (Å²) in [7, 11) is 0. The number of carbonyl (C=O) groups is 1. The standard InChI is InChI=1S/C13H18FNO/c1-9-7-10(14)5-6-11(9)15-12(16)8-13(2,3)4/h5-7H,8H2,1-4H3,(H,15,16). The van der Waals surface area contributed by atoms with Crippen molar-refractivity contribution in [3.05, 3.63) is 29.6 Å². The van der Waals surface area contributed by atoms with Crippen molar-refractivity contribution >= 4 is 11.6 Å². The second-order valence-electron chi connectivity index (χ2n) is 5.24. The Kier molecular flexibility index (Phi) is 3.68. The Morgan fingerprint density at radius 2 is 2.00 bits per heavy atom. The zero-order valence-corrected chi connectivity index (χ0v) is 10.2. The monoisotopic (exact) mass is 223 g/mol. The fourth-order valence-electron chi connectivity index (χ4n) is 1.44. The van der Waals surface area contributed by atoms with Crippen LogP contribution >= 0.6 is 0 Å². The van der Waals surface area contributed by atoms with Gasteiger partial charge in [0, 0.05) is 12.1 Å².